The molecule has 0 aromatic rings. The van der Waals surface area contributed by atoms with Gasteiger partial charge in [-0.05, 0) is 38.0 Å². The van der Waals surface area contributed by atoms with Crippen molar-refractivity contribution < 1.29 is 24.2 Å². The minimum atomic E-state index is -0.856. The zero-order chi connectivity index (χ0) is 26.2. The van der Waals surface area contributed by atoms with E-state index < -0.39 is 28.7 Å². The van der Waals surface area contributed by atoms with Crippen LogP contribution in [0.15, 0.2) is 24.3 Å². The minimum Gasteiger partial charge on any atom is -0.465 e. The van der Waals surface area contributed by atoms with Crippen LogP contribution < -0.4 is 0 Å². The second kappa shape index (κ2) is 11.1. The third-order valence-electron chi connectivity index (χ3n) is 9.43. The molecule has 1 aliphatic carbocycles. The fraction of sp³-hybridized carbons (Fsp3) is 0.759. The van der Waals surface area contributed by atoms with Crippen LogP contribution in [0.2, 0.25) is 0 Å². The number of likely N-dealkylation sites (tertiary alicyclic amines) is 1. The Balaban J connectivity index is 1.61. The van der Waals surface area contributed by atoms with Crippen molar-refractivity contribution in [1.29, 1.82) is 0 Å². The summed E-state index contributed by atoms with van der Waals surface area (Å²) < 4.78 is 4.85. The number of aliphatic hydroxyl groups is 1. The highest BCUT2D eigenvalue weighted by Crippen LogP contribution is 2.61. The van der Waals surface area contributed by atoms with Crippen molar-refractivity contribution in [2.75, 3.05) is 19.8 Å². The smallest absolute Gasteiger partial charge is 0.311 e. The Bertz CT molecular complexity index is 947. The third kappa shape index (κ3) is 4.56. The molecule has 8 heteroatoms. The Hall–Kier alpha value is -1.80. The number of nitrogens with zero attached hydrogens (tertiary/aromatic N) is 2. The van der Waals surface area contributed by atoms with Crippen LogP contribution in [0.4, 0.5) is 0 Å². The van der Waals surface area contributed by atoms with Crippen LogP contribution in [-0.4, -0.2) is 80.6 Å². The molecule has 5 rings (SSSR count). The van der Waals surface area contributed by atoms with Gasteiger partial charge >= 0.3 is 5.97 Å². The number of rotatable bonds is 5. The predicted molar refractivity (Wildman–Crippen MR) is 144 cm³/mol. The van der Waals surface area contributed by atoms with Gasteiger partial charge in [-0.3, -0.25) is 14.4 Å². The van der Waals surface area contributed by atoms with Gasteiger partial charge in [0.15, 0.2) is 0 Å². The summed E-state index contributed by atoms with van der Waals surface area (Å²) in [7, 11) is 0. The van der Waals surface area contributed by atoms with Gasteiger partial charge in [0.05, 0.1) is 35.8 Å². The lowest BCUT2D eigenvalue weighted by atomic mass is 9.78. The molecule has 5 aliphatic rings. The maximum absolute atomic E-state index is 14.5. The number of ether oxygens (including phenoxy) is 1. The molecule has 1 saturated carbocycles. The Morgan fingerprint density at radius 1 is 1.11 bits per heavy atom. The van der Waals surface area contributed by atoms with Crippen molar-refractivity contribution in [2.24, 2.45) is 17.8 Å². The Kier molecular flexibility index (Phi) is 8.06. The zero-order valence-corrected chi connectivity index (χ0v) is 23.0. The Morgan fingerprint density at radius 3 is 2.62 bits per heavy atom. The molecule has 0 aromatic carbocycles. The molecule has 4 heterocycles. The van der Waals surface area contributed by atoms with E-state index in [1.165, 1.54) is 6.42 Å². The van der Waals surface area contributed by atoms with Gasteiger partial charge < -0.3 is 19.6 Å². The minimum absolute atomic E-state index is 0.0182. The van der Waals surface area contributed by atoms with E-state index in [4.69, 9.17) is 4.74 Å². The van der Waals surface area contributed by atoms with Crippen molar-refractivity contribution in [3.05, 3.63) is 24.3 Å². The average molecular weight is 531 g/mol. The summed E-state index contributed by atoms with van der Waals surface area (Å²) >= 11 is 1.59. The van der Waals surface area contributed by atoms with Gasteiger partial charge in [0.2, 0.25) is 11.8 Å². The van der Waals surface area contributed by atoms with Crippen molar-refractivity contribution in [2.45, 2.75) is 99.8 Å². The topological polar surface area (TPSA) is 87.2 Å². The number of amides is 2. The second-order valence-corrected chi connectivity index (χ2v) is 13.0. The number of cyclic esters (lactones) is 1. The lowest BCUT2D eigenvalue weighted by Crippen LogP contribution is -2.59. The summed E-state index contributed by atoms with van der Waals surface area (Å²) in [6, 6.07) is -1.04. The number of aliphatic hydroxyl groups excluding tert-OH is 1. The van der Waals surface area contributed by atoms with Crippen LogP contribution in [0, 0.1) is 17.8 Å². The van der Waals surface area contributed by atoms with E-state index in [-0.39, 0.29) is 41.6 Å². The largest absolute Gasteiger partial charge is 0.465 e. The number of carbonyl (C=O) groups excluding carboxylic acids is 3. The second-order valence-electron chi connectivity index (χ2n) is 11.5. The highest BCUT2D eigenvalue weighted by molar-refractivity contribution is 8.02. The number of allylic oxidation sites excluding steroid dienone is 1. The van der Waals surface area contributed by atoms with Crippen LogP contribution in [0.5, 0.6) is 0 Å². The molecular formula is C29H42N2O5S. The summed E-state index contributed by atoms with van der Waals surface area (Å²) in [6.45, 7) is 4.75. The van der Waals surface area contributed by atoms with E-state index in [0.29, 0.717) is 13.2 Å². The highest BCUT2D eigenvalue weighted by Gasteiger charge is 2.72. The highest BCUT2D eigenvalue weighted by atomic mass is 32.2. The molecule has 1 unspecified atom stereocenters. The molecule has 1 N–H and O–H groups in total. The van der Waals surface area contributed by atoms with E-state index in [9.17, 15) is 19.5 Å². The monoisotopic (exact) mass is 530 g/mol. The lowest BCUT2D eigenvalue weighted by molar-refractivity contribution is -0.154. The van der Waals surface area contributed by atoms with Gasteiger partial charge in [-0.15, -0.1) is 11.8 Å². The Labute approximate surface area is 225 Å². The quantitative estimate of drug-likeness (QED) is 0.431. The summed E-state index contributed by atoms with van der Waals surface area (Å²) in [5, 5.41) is 10.3. The Morgan fingerprint density at radius 2 is 1.89 bits per heavy atom. The van der Waals surface area contributed by atoms with Crippen LogP contribution in [0.1, 0.15) is 71.6 Å². The first-order valence-electron chi connectivity index (χ1n) is 14.4. The zero-order valence-electron chi connectivity index (χ0n) is 22.2. The fourth-order valence-electron chi connectivity index (χ4n) is 7.27. The first kappa shape index (κ1) is 26.8. The van der Waals surface area contributed by atoms with Gasteiger partial charge in [0, 0.05) is 17.8 Å². The molecule has 4 aliphatic heterocycles. The molecule has 7 atom stereocenters. The molecule has 0 aromatic heterocycles. The van der Waals surface area contributed by atoms with Crippen molar-refractivity contribution in [3.63, 3.8) is 0 Å². The van der Waals surface area contributed by atoms with E-state index in [0.717, 1.165) is 51.4 Å². The molecule has 0 radical (unpaired) electrons. The van der Waals surface area contributed by atoms with Crippen LogP contribution >= 0.6 is 11.8 Å². The van der Waals surface area contributed by atoms with Crippen LogP contribution in [-0.2, 0) is 19.1 Å². The number of esters is 1. The molecule has 2 amide bonds. The van der Waals surface area contributed by atoms with Crippen molar-refractivity contribution in [3.8, 4) is 0 Å². The normalized spacial score (nSPS) is 37.3. The molecule has 0 bridgehead atoms. The van der Waals surface area contributed by atoms with E-state index in [1.54, 1.807) is 16.7 Å². The fourth-order valence-corrected chi connectivity index (χ4v) is 9.25. The SMILES string of the molecule is CC[C@H](C)[C@H](CO)N1C(=O)[C@@H]2[C@H]3C(=O)OCCCC/C=C\[C@H]3S[C@@]23C=CCN(C2CCCCC2)C(=O)C13. The number of fused-ring (bicyclic) bond motifs is 2. The standard InChI is InChI=1S/C29H42N2O5S/c1-3-19(2)21(18-32)31-25-27(34)30(20-12-7-6-8-13-20)16-11-15-29(25)24(26(31)33)23-22(37-29)14-9-4-5-10-17-36-28(23)35/h9,11,14-15,19-25,32H,3-8,10,12-13,16-18H2,1-2H3/b14-9-/t19-,21-,22+,23-,24-,25?,29-/m0/s1. The lowest BCUT2D eigenvalue weighted by Gasteiger charge is -2.42. The first-order valence-corrected chi connectivity index (χ1v) is 15.2. The van der Waals surface area contributed by atoms with Crippen LogP contribution in [0.25, 0.3) is 0 Å². The van der Waals surface area contributed by atoms with Gasteiger partial charge in [-0.25, -0.2) is 0 Å². The third-order valence-corrected chi connectivity index (χ3v) is 11.2. The molecule has 37 heavy (non-hydrogen) atoms. The first-order chi connectivity index (χ1) is 17.9. The maximum atomic E-state index is 14.5. The number of thioether (sulfide) groups is 1. The molecule has 204 valence electrons. The predicted octanol–water partition coefficient (Wildman–Crippen LogP) is 3.71. The number of hydrogen-bond donors (Lipinski definition) is 1. The average Bonchev–Trinajstić information content (AvgIpc) is 3.30. The van der Waals surface area contributed by atoms with Gasteiger partial charge in [0.1, 0.15) is 6.04 Å². The summed E-state index contributed by atoms with van der Waals surface area (Å²) in [5.41, 5.74) is 0. The van der Waals surface area contributed by atoms with Gasteiger partial charge in [-0.2, -0.15) is 0 Å². The van der Waals surface area contributed by atoms with Gasteiger partial charge in [-0.1, -0.05) is 63.8 Å². The van der Waals surface area contributed by atoms with Crippen molar-refractivity contribution >= 4 is 29.5 Å². The maximum Gasteiger partial charge on any atom is 0.311 e. The molecule has 3 fully saturated rings. The van der Waals surface area contributed by atoms with E-state index in [2.05, 4.69) is 24.3 Å². The van der Waals surface area contributed by atoms with Gasteiger partial charge in [0.25, 0.3) is 0 Å². The molecular weight excluding hydrogens is 488 g/mol. The number of hydrogen-bond acceptors (Lipinski definition) is 6. The molecule has 1 spiro atoms. The molecule has 2 saturated heterocycles. The van der Waals surface area contributed by atoms with Crippen molar-refractivity contribution in [1.82, 2.24) is 9.80 Å². The van der Waals surface area contributed by atoms with Crippen LogP contribution in [0.3, 0.4) is 0 Å². The summed E-state index contributed by atoms with van der Waals surface area (Å²) in [4.78, 5) is 46.1. The van der Waals surface area contributed by atoms with E-state index in [1.807, 2.05) is 18.7 Å². The molecule has 7 nitrogen and oxygen atoms in total. The number of carbonyl (C=O) groups is 3. The van der Waals surface area contributed by atoms with E-state index >= 15 is 0 Å². The summed E-state index contributed by atoms with van der Waals surface area (Å²) in [5.74, 6) is -1.86. The summed E-state index contributed by atoms with van der Waals surface area (Å²) in [6.07, 6.45) is 17.2.